The first-order valence-electron chi connectivity index (χ1n) is 8.92. The quantitative estimate of drug-likeness (QED) is 0.649. The maximum absolute atomic E-state index is 13.5. The molecule has 0 fully saturated rings. The van der Waals surface area contributed by atoms with E-state index >= 15 is 0 Å². The van der Waals surface area contributed by atoms with Crippen LogP contribution in [0.5, 0.6) is 11.5 Å². The van der Waals surface area contributed by atoms with Gasteiger partial charge in [-0.1, -0.05) is 6.07 Å². The molecule has 2 aromatic rings. The van der Waals surface area contributed by atoms with Gasteiger partial charge in [0.1, 0.15) is 17.3 Å². The molecule has 1 amide bonds. The zero-order chi connectivity index (χ0) is 21.1. The highest BCUT2D eigenvalue weighted by Crippen LogP contribution is 2.39. The van der Waals surface area contributed by atoms with E-state index in [0.29, 0.717) is 33.6 Å². The van der Waals surface area contributed by atoms with Crippen LogP contribution in [0.3, 0.4) is 0 Å². The lowest BCUT2D eigenvalue weighted by atomic mass is 9.92. The minimum absolute atomic E-state index is 0.361. The molecule has 3 rings (SSSR count). The maximum Gasteiger partial charge on any atom is 0.255 e. The van der Waals surface area contributed by atoms with Gasteiger partial charge in [0.25, 0.3) is 5.91 Å². The number of carbonyl (C=O) groups is 1. The maximum atomic E-state index is 13.5. The number of hydrogen-bond acceptors (Lipinski definition) is 4. The van der Waals surface area contributed by atoms with Crippen LogP contribution in [-0.2, 0) is 4.79 Å². The third-order valence-electron chi connectivity index (χ3n) is 4.72. The Morgan fingerprint density at radius 3 is 2.59 bits per heavy atom. The average molecular weight is 415 g/mol. The molecule has 0 radical (unpaired) electrons. The lowest BCUT2D eigenvalue weighted by Gasteiger charge is -2.31. The molecule has 152 valence electrons. The summed E-state index contributed by atoms with van der Waals surface area (Å²) < 4.78 is 24.5. The summed E-state index contributed by atoms with van der Waals surface area (Å²) in [6.45, 7) is 3.65. The van der Waals surface area contributed by atoms with E-state index in [4.69, 9.17) is 21.7 Å². The summed E-state index contributed by atoms with van der Waals surface area (Å²) in [6.07, 6.45) is 0. The fraction of sp³-hybridized carbons (Fsp3) is 0.238. The van der Waals surface area contributed by atoms with E-state index in [1.54, 1.807) is 27.2 Å². The Kier molecular flexibility index (Phi) is 6.03. The molecule has 0 unspecified atom stereocenters. The van der Waals surface area contributed by atoms with Crippen molar-refractivity contribution in [1.82, 2.24) is 10.6 Å². The van der Waals surface area contributed by atoms with Crippen LogP contribution in [0.2, 0.25) is 0 Å². The summed E-state index contributed by atoms with van der Waals surface area (Å²) >= 11 is 5.30. The van der Waals surface area contributed by atoms with Crippen LogP contribution in [0.15, 0.2) is 47.7 Å². The largest absolute Gasteiger partial charge is 0.496 e. The third-order valence-corrected chi connectivity index (χ3v) is 4.94. The van der Waals surface area contributed by atoms with Crippen molar-refractivity contribution in [3.05, 3.63) is 64.6 Å². The van der Waals surface area contributed by atoms with Crippen LogP contribution < -0.4 is 25.4 Å². The Balaban J connectivity index is 2.05. The molecule has 2 aromatic carbocycles. The van der Waals surface area contributed by atoms with Crippen molar-refractivity contribution < 1.29 is 18.7 Å². The van der Waals surface area contributed by atoms with E-state index in [0.717, 1.165) is 11.1 Å². The van der Waals surface area contributed by atoms with E-state index in [-0.39, 0.29) is 5.91 Å². The minimum Gasteiger partial charge on any atom is -0.496 e. The number of nitrogens with one attached hydrogen (secondary N) is 3. The van der Waals surface area contributed by atoms with E-state index in [9.17, 15) is 9.18 Å². The van der Waals surface area contributed by atoms with Gasteiger partial charge in [-0.05, 0) is 56.4 Å². The Hall–Kier alpha value is -3.13. The van der Waals surface area contributed by atoms with Crippen LogP contribution in [0.25, 0.3) is 0 Å². The van der Waals surface area contributed by atoms with Gasteiger partial charge in [-0.15, -0.1) is 0 Å². The highest BCUT2D eigenvalue weighted by molar-refractivity contribution is 7.80. The normalized spacial score (nSPS) is 16.0. The van der Waals surface area contributed by atoms with Gasteiger partial charge in [0.15, 0.2) is 5.11 Å². The van der Waals surface area contributed by atoms with E-state index in [1.165, 1.54) is 18.2 Å². The predicted octanol–water partition coefficient (Wildman–Crippen LogP) is 3.58. The molecule has 0 saturated heterocycles. The van der Waals surface area contributed by atoms with Gasteiger partial charge < -0.3 is 25.4 Å². The fourth-order valence-electron chi connectivity index (χ4n) is 3.41. The molecule has 29 heavy (non-hydrogen) atoms. The second kappa shape index (κ2) is 8.48. The molecule has 0 aromatic heterocycles. The van der Waals surface area contributed by atoms with Gasteiger partial charge in [0.05, 0.1) is 25.8 Å². The molecular weight excluding hydrogens is 393 g/mol. The standard InChI is InChI=1S/C21H22FN3O3S/c1-11-16(27-3)9-8-15(19(11)28-4)18-17(12(2)23-21(29)25-18)20(26)24-14-7-5-6-13(22)10-14/h5-10,18H,1-4H3,(H,24,26)(H2,23,25,29)/t18-/m0/s1. The van der Waals surface area contributed by atoms with E-state index in [1.807, 2.05) is 19.1 Å². The smallest absolute Gasteiger partial charge is 0.255 e. The van der Waals surface area contributed by atoms with Gasteiger partial charge in [-0.3, -0.25) is 4.79 Å². The van der Waals surface area contributed by atoms with Gasteiger partial charge in [-0.2, -0.15) is 0 Å². The third kappa shape index (κ3) is 4.17. The number of benzene rings is 2. The van der Waals surface area contributed by atoms with Gasteiger partial charge in [0.2, 0.25) is 0 Å². The molecular formula is C21H22FN3O3S. The van der Waals surface area contributed by atoms with Gasteiger partial charge in [0, 0.05) is 22.5 Å². The lowest BCUT2D eigenvalue weighted by Crippen LogP contribution is -2.45. The van der Waals surface area contributed by atoms with Gasteiger partial charge in [-0.25, -0.2) is 4.39 Å². The molecule has 0 aliphatic carbocycles. The van der Waals surface area contributed by atoms with Crippen molar-refractivity contribution >= 4 is 28.9 Å². The number of carbonyl (C=O) groups excluding carboxylic acids is 1. The summed E-state index contributed by atoms with van der Waals surface area (Å²) in [7, 11) is 3.15. The van der Waals surface area contributed by atoms with Crippen LogP contribution in [0.1, 0.15) is 24.1 Å². The number of allylic oxidation sites excluding steroid dienone is 1. The first-order valence-corrected chi connectivity index (χ1v) is 9.33. The van der Waals surface area contributed by atoms with Crippen LogP contribution in [-0.4, -0.2) is 25.2 Å². The second-order valence-electron chi connectivity index (χ2n) is 6.55. The molecule has 6 nitrogen and oxygen atoms in total. The van der Waals surface area contributed by atoms with Crippen molar-refractivity contribution in [2.45, 2.75) is 19.9 Å². The number of halogens is 1. The van der Waals surface area contributed by atoms with E-state index in [2.05, 4.69) is 16.0 Å². The molecule has 1 heterocycles. The number of anilines is 1. The first-order chi connectivity index (χ1) is 13.8. The molecule has 8 heteroatoms. The Morgan fingerprint density at radius 1 is 1.17 bits per heavy atom. The number of ether oxygens (including phenoxy) is 2. The molecule has 0 bridgehead atoms. The van der Waals surface area contributed by atoms with Crippen molar-refractivity contribution in [2.75, 3.05) is 19.5 Å². The van der Waals surface area contributed by atoms with Gasteiger partial charge >= 0.3 is 0 Å². The lowest BCUT2D eigenvalue weighted by molar-refractivity contribution is -0.113. The Labute approximate surface area is 174 Å². The average Bonchev–Trinajstić information content (AvgIpc) is 2.66. The SMILES string of the molecule is COc1ccc([C@@H]2NC(=S)NC(C)=C2C(=O)Nc2cccc(F)c2)c(OC)c1C. The zero-order valence-electron chi connectivity index (χ0n) is 16.6. The fourth-order valence-corrected chi connectivity index (χ4v) is 3.68. The molecule has 1 atom stereocenters. The molecule has 0 saturated carbocycles. The van der Waals surface area contributed by atoms with Crippen molar-refractivity contribution in [3.63, 3.8) is 0 Å². The number of rotatable bonds is 5. The Morgan fingerprint density at radius 2 is 1.93 bits per heavy atom. The summed E-state index contributed by atoms with van der Waals surface area (Å²) in [5.74, 6) is 0.457. The van der Waals surface area contributed by atoms with Crippen LogP contribution in [0, 0.1) is 12.7 Å². The monoisotopic (exact) mass is 415 g/mol. The summed E-state index contributed by atoms with van der Waals surface area (Å²) in [6, 6.07) is 8.82. The topological polar surface area (TPSA) is 71.6 Å². The highest BCUT2D eigenvalue weighted by Gasteiger charge is 2.32. The number of amides is 1. The molecule has 3 N–H and O–H groups in total. The van der Waals surface area contributed by atoms with E-state index < -0.39 is 11.9 Å². The Bertz CT molecular complexity index is 1010. The summed E-state index contributed by atoms with van der Waals surface area (Å²) in [5.41, 5.74) is 2.92. The first kappa shape index (κ1) is 20.6. The minimum atomic E-state index is -0.558. The van der Waals surface area contributed by atoms with Crippen LogP contribution >= 0.6 is 12.2 Å². The van der Waals surface area contributed by atoms with Crippen molar-refractivity contribution in [1.29, 1.82) is 0 Å². The summed E-state index contributed by atoms with van der Waals surface area (Å²) in [5, 5.41) is 9.26. The zero-order valence-corrected chi connectivity index (χ0v) is 17.4. The molecule has 1 aliphatic heterocycles. The summed E-state index contributed by atoms with van der Waals surface area (Å²) in [4.78, 5) is 13.1. The molecule has 0 spiro atoms. The van der Waals surface area contributed by atoms with Crippen molar-refractivity contribution in [3.8, 4) is 11.5 Å². The van der Waals surface area contributed by atoms with Crippen molar-refractivity contribution in [2.24, 2.45) is 0 Å². The number of methoxy groups -OCH3 is 2. The highest BCUT2D eigenvalue weighted by atomic mass is 32.1. The number of hydrogen-bond donors (Lipinski definition) is 3. The predicted molar refractivity (Wildman–Crippen MR) is 114 cm³/mol. The second-order valence-corrected chi connectivity index (χ2v) is 6.96. The van der Waals surface area contributed by atoms with Crippen LogP contribution in [0.4, 0.5) is 10.1 Å². The number of thiocarbonyl (C=S) groups is 1. The molecule has 1 aliphatic rings.